The third kappa shape index (κ3) is 5.24. The van der Waals surface area contributed by atoms with Gasteiger partial charge >= 0.3 is 5.97 Å². The van der Waals surface area contributed by atoms with Crippen LogP contribution in [0.25, 0.3) is 10.9 Å². The summed E-state index contributed by atoms with van der Waals surface area (Å²) >= 11 is 0. The smallest absolute Gasteiger partial charge is 0.304 e. The van der Waals surface area contributed by atoms with Gasteiger partial charge in [-0.1, -0.05) is 44.0 Å². The fourth-order valence-corrected chi connectivity index (χ4v) is 3.73. The Morgan fingerprint density at radius 3 is 2.55 bits per heavy atom. The van der Waals surface area contributed by atoms with Crippen LogP contribution in [-0.4, -0.2) is 21.3 Å². The number of aliphatic carboxylic acids is 1. The fraction of sp³-hybridized carbons (Fsp3) is 0.360. The number of nitrogens with zero attached hydrogens (tertiary/aromatic N) is 1. The first kappa shape index (κ1) is 22.4. The van der Waals surface area contributed by atoms with E-state index in [2.05, 4.69) is 35.9 Å². The quantitative estimate of drug-likeness (QED) is 0.453. The lowest BCUT2D eigenvalue weighted by molar-refractivity contribution is -0.137. The second-order valence-corrected chi connectivity index (χ2v) is 8.09. The molecule has 2 atom stereocenters. The molecule has 3 rings (SSSR count). The van der Waals surface area contributed by atoms with E-state index in [0.29, 0.717) is 29.0 Å². The Kier molecular flexibility index (Phi) is 6.96. The van der Waals surface area contributed by atoms with Gasteiger partial charge in [-0.05, 0) is 49.4 Å². The molecule has 0 saturated carbocycles. The molecule has 0 aliphatic heterocycles. The average molecular weight is 423 g/mol. The zero-order valence-corrected chi connectivity index (χ0v) is 18.2. The highest BCUT2D eigenvalue weighted by atomic mass is 19.1. The summed E-state index contributed by atoms with van der Waals surface area (Å²) in [6.45, 7) is 7.79. The summed E-state index contributed by atoms with van der Waals surface area (Å²) in [5.41, 5.74) is 3.18. The number of nitrogens with one attached hydrogen (secondary N) is 1. The molecule has 0 aliphatic carbocycles. The highest BCUT2D eigenvalue weighted by Crippen LogP contribution is 2.34. The third-order valence-electron chi connectivity index (χ3n) is 5.21. The minimum Gasteiger partial charge on any atom is -0.486 e. The van der Waals surface area contributed by atoms with Crippen molar-refractivity contribution in [2.75, 3.05) is 0 Å². The number of carbonyl (C=O) groups is 1. The third-order valence-corrected chi connectivity index (χ3v) is 5.21. The largest absolute Gasteiger partial charge is 0.486 e. The summed E-state index contributed by atoms with van der Waals surface area (Å²) in [6.07, 6.45) is 0.289. The highest BCUT2D eigenvalue weighted by Gasteiger charge is 2.22. The van der Waals surface area contributed by atoms with E-state index in [0.717, 1.165) is 16.7 Å². The maximum absolute atomic E-state index is 14.5. The van der Waals surface area contributed by atoms with E-state index < -0.39 is 11.9 Å². The first-order valence-electron chi connectivity index (χ1n) is 10.3. The lowest BCUT2D eigenvalue weighted by Crippen LogP contribution is -2.12. The van der Waals surface area contributed by atoms with Crippen LogP contribution < -0.4 is 4.74 Å². The number of hydrogen-bond donors (Lipinski definition) is 2. The Hall–Kier alpha value is -3.33. The van der Waals surface area contributed by atoms with Crippen molar-refractivity contribution < 1.29 is 19.0 Å². The molecule has 0 saturated heterocycles. The number of aromatic amines is 1. The van der Waals surface area contributed by atoms with Crippen LogP contribution in [0.3, 0.4) is 0 Å². The van der Waals surface area contributed by atoms with Gasteiger partial charge in [0, 0.05) is 5.56 Å². The highest BCUT2D eigenvalue weighted by molar-refractivity contribution is 5.85. The first-order chi connectivity index (χ1) is 14.8. The van der Waals surface area contributed by atoms with Gasteiger partial charge in [0.1, 0.15) is 11.9 Å². The number of benzene rings is 2. The van der Waals surface area contributed by atoms with Crippen LogP contribution in [0, 0.1) is 30.6 Å². The van der Waals surface area contributed by atoms with Gasteiger partial charge in [0.2, 0.25) is 5.95 Å². The number of ether oxygens (including phenoxy) is 1. The van der Waals surface area contributed by atoms with E-state index in [1.807, 2.05) is 43.3 Å². The van der Waals surface area contributed by atoms with Crippen molar-refractivity contribution in [2.45, 2.75) is 52.6 Å². The minimum atomic E-state index is -0.893. The van der Waals surface area contributed by atoms with Gasteiger partial charge in [0.25, 0.3) is 0 Å². The van der Waals surface area contributed by atoms with Gasteiger partial charge in [0.15, 0.2) is 0 Å². The number of hydrogen-bond acceptors (Lipinski definition) is 3. The van der Waals surface area contributed by atoms with Crippen LogP contribution >= 0.6 is 0 Å². The van der Waals surface area contributed by atoms with E-state index in [1.165, 1.54) is 0 Å². The maximum Gasteiger partial charge on any atom is 0.304 e. The molecule has 0 amide bonds. The maximum atomic E-state index is 14.5. The molecule has 0 bridgehead atoms. The summed E-state index contributed by atoms with van der Waals surface area (Å²) in [5, 5.41) is 16.1. The van der Waals surface area contributed by atoms with Crippen molar-refractivity contribution >= 4 is 16.9 Å². The van der Waals surface area contributed by atoms with E-state index in [4.69, 9.17) is 9.84 Å². The molecule has 1 aromatic heterocycles. The Bertz CT molecular complexity index is 1120. The summed E-state index contributed by atoms with van der Waals surface area (Å²) in [4.78, 5) is 11.1. The molecule has 2 aromatic carbocycles. The summed E-state index contributed by atoms with van der Waals surface area (Å²) in [5.74, 6) is 4.90. The average Bonchev–Trinajstić information content (AvgIpc) is 3.10. The van der Waals surface area contributed by atoms with Gasteiger partial charge in [-0.2, -0.15) is 4.39 Å². The van der Waals surface area contributed by atoms with Crippen LogP contribution in [0.15, 0.2) is 36.4 Å². The lowest BCUT2D eigenvalue weighted by Gasteiger charge is -2.23. The van der Waals surface area contributed by atoms with Gasteiger partial charge < -0.3 is 9.84 Å². The van der Waals surface area contributed by atoms with E-state index >= 15 is 0 Å². The second-order valence-electron chi connectivity index (χ2n) is 8.09. The van der Waals surface area contributed by atoms with Crippen molar-refractivity contribution in [1.29, 1.82) is 0 Å². The van der Waals surface area contributed by atoms with Crippen molar-refractivity contribution in [1.82, 2.24) is 10.2 Å². The predicted octanol–water partition coefficient (Wildman–Crippen LogP) is 5.76. The van der Waals surface area contributed by atoms with E-state index in [-0.39, 0.29) is 18.4 Å². The first-order valence-corrected chi connectivity index (χ1v) is 10.3. The molecule has 0 spiro atoms. The van der Waals surface area contributed by atoms with Gasteiger partial charge in [0.05, 0.1) is 23.2 Å². The lowest BCUT2D eigenvalue weighted by atomic mass is 9.95. The number of fused-ring (bicyclic) bond motifs is 1. The van der Waals surface area contributed by atoms with E-state index in [9.17, 15) is 9.18 Å². The molecule has 0 aliphatic rings. The number of halogens is 1. The van der Waals surface area contributed by atoms with Gasteiger partial charge in [-0.15, -0.1) is 11.0 Å². The molecule has 2 N–H and O–H groups in total. The van der Waals surface area contributed by atoms with Crippen molar-refractivity contribution in [3.8, 4) is 17.6 Å². The second kappa shape index (κ2) is 9.65. The summed E-state index contributed by atoms with van der Waals surface area (Å²) < 4.78 is 20.8. The number of carboxylic acid groups (broad SMARTS) is 1. The molecular weight excluding hydrogens is 395 g/mol. The zero-order valence-electron chi connectivity index (χ0n) is 18.2. The van der Waals surface area contributed by atoms with Crippen LogP contribution in [0.4, 0.5) is 4.39 Å². The number of carboxylic acids is 1. The molecule has 1 heterocycles. The standard InChI is InChI=1S/C25H27FN2O3/c1-5-6-18(14-22(29)30)17-8-10-19(11-9-17)31-21(13-15(2)3)20-12-7-16(4)24-23(20)25(26)28-27-24/h7-12,15,18,21H,13-14H2,1-4H3,(H,27,28)(H,29,30). The predicted molar refractivity (Wildman–Crippen MR) is 118 cm³/mol. The zero-order chi connectivity index (χ0) is 22.5. The van der Waals surface area contributed by atoms with Crippen LogP contribution in [0.1, 0.15) is 62.3 Å². The van der Waals surface area contributed by atoms with Gasteiger partial charge in [-0.3, -0.25) is 9.89 Å². The Balaban J connectivity index is 1.92. The Morgan fingerprint density at radius 2 is 1.94 bits per heavy atom. The minimum absolute atomic E-state index is 0.0574. The summed E-state index contributed by atoms with van der Waals surface area (Å²) in [7, 11) is 0. The fourth-order valence-electron chi connectivity index (χ4n) is 3.73. The van der Waals surface area contributed by atoms with Crippen molar-refractivity contribution in [3.63, 3.8) is 0 Å². The normalized spacial score (nSPS) is 13.0. The molecule has 2 unspecified atom stereocenters. The molecule has 31 heavy (non-hydrogen) atoms. The van der Waals surface area contributed by atoms with Crippen LogP contribution in [0.5, 0.6) is 5.75 Å². The number of aryl methyl sites for hydroxylation is 1. The van der Waals surface area contributed by atoms with Crippen LogP contribution in [0.2, 0.25) is 0 Å². The van der Waals surface area contributed by atoms with Crippen molar-refractivity contribution in [2.24, 2.45) is 5.92 Å². The molecule has 0 radical (unpaired) electrons. The summed E-state index contributed by atoms with van der Waals surface area (Å²) in [6, 6.07) is 11.1. The Labute approximate surface area is 181 Å². The molecular formula is C25H27FN2O3. The number of aromatic nitrogens is 2. The topological polar surface area (TPSA) is 75.2 Å². The SMILES string of the molecule is CC#CC(CC(=O)O)c1ccc(OC(CC(C)C)c2ccc(C)c3[nH]nc(F)c23)cc1. The Morgan fingerprint density at radius 1 is 1.23 bits per heavy atom. The molecule has 5 nitrogen and oxygen atoms in total. The van der Waals surface area contributed by atoms with Crippen LogP contribution in [-0.2, 0) is 4.79 Å². The molecule has 3 aromatic rings. The van der Waals surface area contributed by atoms with E-state index in [1.54, 1.807) is 6.92 Å². The number of H-pyrrole nitrogens is 1. The van der Waals surface area contributed by atoms with Crippen molar-refractivity contribution in [3.05, 3.63) is 59.0 Å². The van der Waals surface area contributed by atoms with Gasteiger partial charge in [-0.25, -0.2) is 0 Å². The molecule has 162 valence electrons. The number of rotatable bonds is 8. The monoisotopic (exact) mass is 422 g/mol. The molecule has 6 heteroatoms. The molecule has 0 fully saturated rings.